The first-order chi connectivity index (χ1) is 11.0. The van der Waals surface area contributed by atoms with Crippen molar-refractivity contribution < 1.29 is 14.3 Å². The van der Waals surface area contributed by atoms with Crippen LogP contribution in [0.5, 0.6) is 0 Å². The molecule has 2 rings (SSSR count). The lowest BCUT2D eigenvalue weighted by atomic mass is 9.94. The van der Waals surface area contributed by atoms with E-state index in [1.165, 1.54) is 12.0 Å². The molecule has 0 fully saturated rings. The predicted molar refractivity (Wildman–Crippen MR) is 84.1 cm³/mol. The average Bonchev–Trinajstić information content (AvgIpc) is 2.57. The van der Waals surface area contributed by atoms with Crippen molar-refractivity contribution in [3.63, 3.8) is 0 Å². The van der Waals surface area contributed by atoms with E-state index >= 15 is 0 Å². The van der Waals surface area contributed by atoms with Crippen LogP contribution in [0.25, 0.3) is 0 Å². The highest BCUT2D eigenvalue weighted by molar-refractivity contribution is 5.95. The van der Waals surface area contributed by atoms with Crippen LogP contribution < -0.4 is 5.32 Å². The third kappa shape index (κ3) is 3.19. The number of esters is 1. The molecule has 0 unspecified atom stereocenters. The van der Waals surface area contributed by atoms with Gasteiger partial charge in [-0.1, -0.05) is 19.1 Å². The normalized spacial score (nSPS) is 17.6. The molecule has 6 heteroatoms. The fraction of sp³-hybridized carbons (Fsp3) is 0.353. The third-order valence-corrected chi connectivity index (χ3v) is 3.80. The van der Waals surface area contributed by atoms with Gasteiger partial charge in [-0.25, -0.2) is 9.59 Å². The maximum Gasteiger partial charge on any atom is 0.337 e. The van der Waals surface area contributed by atoms with Crippen LogP contribution in [0.1, 0.15) is 37.4 Å². The molecule has 0 saturated heterocycles. The highest BCUT2D eigenvalue weighted by atomic mass is 16.5. The topological polar surface area (TPSA) is 82.4 Å². The van der Waals surface area contributed by atoms with Crippen molar-refractivity contribution in [1.82, 2.24) is 10.2 Å². The fourth-order valence-electron chi connectivity index (χ4n) is 2.69. The molecule has 0 radical (unpaired) electrons. The molecule has 1 aliphatic rings. The molecule has 0 spiro atoms. The number of amides is 2. The Morgan fingerprint density at radius 1 is 1.48 bits per heavy atom. The summed E-state index contributed by atoms with van der Waals surface area (Å²) in [6.07, 6.45) is 0.772. The Hall–Kier alpha value is -2.81. The number of carbonyl (C=O) groups excluding carboxylic acids is 2. The number of hydrogen-bond donors (Lipinski definition) is 1. The van der Waals surface area contributed by atoms with Gasteiger partial charge in [-0.05, 0) is 31.0 Å². The van der Waals surface area contributed by atoms with Crippen LogP contribution in [0.4, 0.5) is 4.79 Å². The molecule has 6 nitrogen and oxygen atoms in total. The zero-order valence-electron chi connectivity index (χ0n) is 13.4. The molecule has 23 heavy (non-hydrogen) atoms. The number of ether oxygens (including phenoxy) is 1. The molecule has 2 amide bonds. The molecule has 120 valence electrons. The number of carbonyl (C=O) groups is 2. The molecular weight excluding hydrogens is 294 g/mol. The van der Waals surface area contributed by atoms with Crippen LogP contribution in [0.15, 0.2) is 35.5 Å². The first-order valence-electron chi connectivity index (χ1n) is 7.40. The van der Waals surface area contributed by atoms with Crippen LogP contribution in [0, 0.1) is 11.3 Å². The molecule has 1 atom stereocenters. The fourth-order valence-corrected chi connectivity index (χ4v) is 2.69. The maximum absolute atomic E-state index is 12.4. The van der Waals surface area contributed by atoms with Gasteiger partial charge in [-0.3, -0.25) is 4.90 Å². The lowest BCUT2D eigenvalue weighted by Crippen LogP contribution is -2.48. The lowest BCUT2D eigenvalue weighted by molar-refractivity contribution is -0.136. The first-order valence-corrected chi connectivity index (χ1v) is 7.40. The van der Waals surface area contributed by atoms with Gasteiger partial charge in [0.2, 0.25) is 0 Å². The van der Waals surface area contributed by atoms with Crippen molar-refractivity contribution in [3.05, 3.63) is 46.7 Å². The number of urea groups is 1. The second kappa shape index (κ2) is 6.97. The molecule has 0 saturated carbocycles. The minimum Gasteiger partial charge on any atom is -0.466 e. The van der Waals surface area contributed by atoms with E-state index in [4.69, 9.17) is 10.00 Å². The molecule has 1 heterocycles. The predicted octanol–water partition coefficient (Wildman–Crippen LogP) is 2.48. The highest BCUT2D eigenvalue weighted by Crippen LogP contribution is 2.31. The Balaban J connectivity index is 2.55. The quantitative estimate of drug-likeness (QED) is 0.866. The standard InChI is InChI=1S/C17H19N3O3/c1-4-8-20-11(2)14(16(21)23-3)15(19-17(20)22)13-7-5-6-12(9-13)10-18/h5-7,9,15H,4,8H2,1-3H3,(H,19,22)/t15-/m1/s1. The van der Waals surface area contributed by atoms with Gasteiger partial charge in [0.25, 0.3) is 0 Å². The second-order valence-corrected chi connectivity index (χ2v) is 5.26. The Labute approximate surface area is 135 Å². The lowest BCUT2D eigenvalue weighted by Gasteiger charge is -2.35. The van der Waals surface area contributed by atoms with E-state index < -0.39 is 12.0 Å². The van der Waals surface area contributed by atoms with Crippen molar-refractivity contribution in [2.24, 2.45) is 0 Å². The van der Waals surface area contributed by atoms with Crippen molar-refractivity contribution in [3.8, 4) is 6.07 Å². The maximum atomic E-state index is 12.4. The summed E-state index contributed by atoms with van der Waals surface area (Å²) in [6, 6.07) is 8.01. The molecule has 0 aromatic heterocycles. The Bertz CT molecular complexity index is 703. The zero-order chi connectivity index (χ0) is 17.0. The van der Waals surface area contributed by atoms with Gasteiger partial charge >= 0.3 is 12.0 Å². The van der Waals surface area contributed by atoms with Gasteiger partial charge in [0.05, 0.1) is 30.4 Å². The zero-order valence-corrected chi connectivity index (χ0v) is 13.4. The number of rotatable bonds is 4. The first kappa shape index (κ1) is 16.6. The molecule has 1 aromatic carbocycles. The number of hydrogen-bond acceptors (Lipinski definition) is 4. The van der Waals surface area contributed by atoms with Crippen molar-refractivity contribution in [2.75, 3.05) is 13.7 Å². The van der Waals surface area contributed by atoms with E-state index in [2.05, 4.69) is 11.4 Å². The Morgan fingerprint density at radius 2 is 2.22 bits per heavy atom. The van der Waals surface area contributed by atoms with E-state index in [0.717, 1.165) is 6.42 Å². The summed E-state index contributed by atoms with van der Waals surface area (Å²) in [6.45, 7) is 4.21. The van der Waals surface area contributed by atoms with Crippen LogP contribution >= 0.6 is 0 Å². The number of benzene rings is 1. The van der Waals surface area contributed by atoms with Crippen molar-refractivity contribution in [1.29, 1.82) is 5.26 Å². The second-order valence-electron chi connectivity index (χ2n) is 5.26. The van der Waals surface area contributed by atoms with E-state index in [1.807, 2.05) is 6.92 Å². The molecule has 0 aliphatic carbocycles. The van der Waals surface area contributed by atoms with Gasteiger partial charge in [0.15, 0.2) is 0 Å². The summed E-state index contributed by atoms with van der Waals surface area (Å²) in [5.41, 5.74) is 2.10. The smallest absolute Gasteiger partial charge is 0.337 e. The van der Waals surface area contributed by atoms with Gasteiger partial charge in [-0.2, -0.15) is 5.26 Å². The highest BCUT2D eigenvalue weighted by Gasteiger charge is 2.35. The SMILES string of the molecule is CCCN1C(=O)N[C@H](c2cccc(C#N)c2)C(C(=O)OC)=C1C. The van der Waals surface area contributed by atoms with Crippen LogP contribution in [0.3, 0.4) is 0 Å². The molecule has 1 aromatic rings. The Kier molecular flexibility index (Phi) is 5.02. The minimum atomic E-state index is -0.628. The van der Waals surface area contributed by atoms with Crippen LogP contribution in [-0.2, 0) is 9.53 Å². The molecule has 1 aliphatic heterocycles. The Morgan fingerprint density at radius 3 is 2.83 bits per heavy atom. The summed E-state index contributed by atoms with van der Waals surface area (Å²) in [7, 11) is 1.31. The summed E-state index contributed by atoms with van der Waals surface area (Å²) in [5, 5.41) is 11.9. The number of nitrogens with one attached hydrogen (secondary N) is 1. The van der Waals surface area contributed by atoms with E-state index in [-0.39, 0.29) is 6.03 Å². The van der Waals surface area contributed by atoms with Gasteiger partial charge in [-0.15, -0.1) is 0 Å². The van der Waals surface area contributed by atoms with Crippen LogP contribution in [0.2, 0.25) is 0 Å². The average molecular weight is 313 g/mol. The third-order valence-electron chi connectivity index (χ3n) is 3.80. The van der Waals surface area contributed by atoms with Crippen LogP contribution in [-0.4, -0.2) is 30.6 Å². The molecule has 1 N–H and O–H groups in total. The van der Waals surface area contributed by atoms with E-state index in [1.54, 1.807) is 31.2 Å². The summed E-state index contributed by atoms with van der Waals surface area (Å²) in [4.78, 5) is 26.1. The van der Waals surface area contributed by atoms with Gasteiger partial charge in [0.1, 0.15) is 0 Å². The van der Waals surface area contributed by atoms with E-state index in [0.29, 0.717) is 28.9 Å². The van der Waals surface area contributed by atoms with Crippen molar-refractivity contribution >= 4 is 12.0 Å². The number of allylic oxidation sites excluding steroid dienone is 1. The number of methoxy groups -OCH3 is 1. The largest absolute Gasteiger partial charge is 0.466 e. The number of nitrogens with zero attached hydrogens (tertiary/aromatic N) is 2. The minimum absolute atomic E-state index is 0.260. The molecule has 0 bridgehead atoms. The van der Waals surface area contributed by atoms with Crippen molar-refractivity contribution in [2.45, 2.75) is 26.3 Å². The molecular formula is C17H19N3O3. The van der Waals surface area contributed by atoms with Gasteiger partial charge < -0.3 is 10.1 Å². The summed E-state index contributed by atoms with van der Waals surface area (Å²) < 4.78 is 4.89. The number of nitriles is 1. The summed E-state index contributed by atoms with van der Waals surface area (Å²) >= 11 is 0. The monoisotopic (exact) mass is 313 g/mol. The van der Waals surface area contributed by atoms with Gasteiger partial charge in [0, 0.05) is 12.2 Å². The summed E-state index contributed by atoms with van der Waals surface area (Å²) in [5.74, 6) is -0.490. The van der Waals surface area contributed by atoms with E-state index in [9.17, 15) is 9.59 Å².